The van der Waals surface area contributed by atoms with Crippen LogP contribution in [0.5, 0.6) is 0 Å². The van der Waals surface area contributed by atoms with E-state index in [1.54, 1.807) is 31.2 Å². The van der Waals surface area contributed by atoms with E-state index in [2.05, 4.69) is 25.5 Å². The average Bonchev–Trinajstić information content (AvgIpc) is 3.18. The van der Waals surface area contributed by atoms with E-state index in [0.29, 0.717) is 40.5 Å². The molecule has 0 saturated heterocycles. The van der Waals surface area contributed by atoms with Crippen LogP contribution in [-0.2, 0) is 21.8 Å². The van der Waals surface area contributed by atoms with Crippen molar-refractivity contribution in [2.24, 2.45) is 0 Å². The molecule has 1 amide bonds. The number of amides is 1. The molecule has 0 saturated carbocycles. The Balaban J connectivity index is 1.55. The van der Waals surface area contributed by atoms with Crippen LogP contribution in [-0.4, -0.2) is 49.0 Å². The molecule has 174 valence electrons. The first-order valence-corrected chi connectivity index (χ1v) is 12.4. The number of hydrogen-bond donors (Lipinski definition) is 1. The minimum Gasteiger partial charge on any atom is -0.462 e. The van der Waals surface area contributed by atoms with Gasteiger partial charge in [-0.05, 0) is 58.0 Å². The SMILES string of the molecule is CCOC(=O)c1ccc(NC(=O)CSc2nnc(CSc3nc(C)cc(C)n3)n2CC)cc1. The van der Waals surface area contributed by atoms with E-state index in [1.807, 2.05) is 31.4 Å². The Labute approximate surface area is 201 Å². The number of thioether (sulfide) groups is 2. The first-order chi connectivity index (χ1) is 15.9. The summed E-state index contributed by atoms with van der Waals surface area (Å²) in [6.45, 7) is 8.67. The molecule has 33 heavy (non-hydrogen) atoms. The van der Waals surface area contributed by atoms with E-state index in [9.17, 15) is 9.59 Å². The Kier molecular flexibility index (Phi) is 8.84. The van der Waals surface area contributed by atoms with Crippen molar-refractivity contribution in [3.8, 4) is 0 Å². The number of carbonyl (C=O) groups excluding carboxylic acids is 2. The smallest absolute Gasteiger partial charge is 0.338 e. The van der Waals surface area contributed by atoms with E-state index < -0.39 is 0 Å². The van der Waals surface area contributed by atoms with Gasteiger partial charge in [0.25, 0.3) is 0 Å². The topological polar surface area (TPSA) is 112 Å². The number of esters is 1. The van der Waals surface area contributed by atoms with E-state index in [4.69, 9.17) is 4.74 Å². The van der Waals surface area contributed by atoms with Crippen LogP contribution in [0.25, 0.3) is 0 Å². The van der Waals surface area contributed by atoms with Gasteiger partial charge in [-0.15, -0.1) is 10.2 Å². The maximum atomic E-state index is 12.4. The molecule has 11 heteroatoms. The van der Waals surface area contributed by atoms with E-state index in [-0.39, 0.29) is 17.6 Å². The first kappa shape index (κ1) is 24.7. The van der Waals surface area contributed by atoms with Gasteiger partial charge in [-0.2, -0.15) is 0 Å². The van der Waals surface area contributed by atoms with Crippen molar-refractivity contribution in [3.63, 3.8) is 0 Å². The van der Waals surface area contributed by atoms with Crippen molar-refractivity contribution in [1.29, 1.82) is 0 Å². The molecule has 3 rings (SSSR count). The van der Waals surface area contributed by atoms with E-state index in [1.165, 1.54) is 23.5 Å². The largest absolute Gasteiger partial charge is 0.462 e. The fourth-order valence-electron chi connectivity index (χ4n) is 2.97. The number of rotatable bonds is 10. The van der Waals surface area contributed by atoms with Crippen LogP contribution >= 0.6 is 23.5 Å². The predicted molar refractivity (Wildman–Crippen MR) is 129 cm³/mol. The van der Waals surface area contributed by atoms with Crippen molar-refractivity contribution in [2.75, 3.05) is 17.7 Å². The third kappa shape index (κ3) is 7.03. The lowest BCUT2D eigenvalue weighted by Gasteiger charge is -2.08. The van der Waals surface area contributed by atoms with Crippen LogP contribution in [0.15, 0.2) is 40.6 Å². The molecule has 0 aliphatic heterocycles. The lowest BCUT2D eigenvalue weighted by Crippen LogP contribution is -2.15. The van der Waals surface area contributed by atoms with Gasteiger partial charge in [0.2, 0.25) is 5.91 Å². The van der Waals surface area contributed by atoms with Crippen molar-refractivity contribution >= 4 is 41.1 Å². The molecule has 3 aromatic rings. The Morgan fingerprint density at radius 3 is 2.36 bits per heavy atom. The molecule has 1 aromatic carbocycles. The number of carbonyl (C=O) groups is 2. The maximum absolute atomic E-state index is 12.4. The van der Waals surface area contributed by atoms with Crippen LogP contribution in [0.3, 0.4) is 0 Å². The molecule has 0 unspecified atom stereocenters. The number of ether oxygens (including phenoxy) is 1. The summed E-state index contributed by atoms with van der Waals surface area (Å²) < 4.78 is 6.95. The second kappa shape index (κ2) is 11.8. The Hall–Kier alpha value is -2.92. The van der Waals surface area contributed by atoms with Crippen molar-refractivity contribution < 1.29 is 14.3 Å². The van der Waals surface area contributed by atoms with Gasteiger partial charge in [0, 0.05) is 23.6 Å². The monoisotopic (exact) mass is 486 g/mol. The molecule has 0 aliphatic rings. The standard InChI is InChI=1S/C22H26N6O3S2/c1-5-28-18(12-32-21-23-14(3)11-15(4)24-21)26-27-22(28)33-13-19(29)25-17-9-7-16(8-10-17)20(30)31-6-2/h7-11H,5-6,12-13H2,1-4H3,(H,25,29). The lowest BCUT2D eigenvalue weighted by atomic mass is 10.2. The van der Waals surface area contributed by atoms with Gasteiger partial charge in [-0.1, -0.05) is 23.5 Å². The van der Waals surface area contributed by atoms with Crippen molar-refractivity contribution in [3.05, 3.63) is 53.1 Å². The molecular formula is C22H26N6O3S2. The lowest BCUT2D eigenvalue weighted by molar-refractivity contribution is -0.113. The zero-order chi connectivity index (χ0) is 23.8. The van der Waals surface area contributed by atoms with E-state index >= 15 is 0 Å². The summed E-state index contributed by atoms with van der Waals surface area (Å²) in [5.41, 5.74) is 2.91. The molecule has 0 atom stereocenters. The summed E-state index contributed by atoms with van der Waals surface area (Å²) in [6.07, 6.45) is 0. The highest BCUT2D eigenvalue weighted by Crippen LogP contribution is 2.23. The zero-order valence-electron chi connectivity index (χ0n) is 19.0. The summed E-state index contributed by atoms with van der Waals surface area (Å²) >= 11 is 2.83. The highest BCUT2D eigenvalue weighted by molar-refractivity contribution is 7.99. The number of aryl methyl sites for hydroxylation is 2. The highest BCUT2D eigenvalue weighted by atomic mass is 32.2. The Morgan fingerprint density at radius 2 is 1.73 bits per heavy atom. The van der Waals surface area contributed by atoms with Crippen LogP contribution in [0, 0.1) is 13.8 Å². The number of anilines is 1. The summed E-state index contributed by atoms with van der Waals surface area (Å²) in [5.74, 6) is 1.02. The fraction of sp³-hybridized carbons (Fsp3) is 0.364. The molecular weight excluding hydrogens is 460 g/mol. The number of nitrogens with one attached hydrogen (secondary N) is 1. The third-order valence-electron chi connectivity index (χ3n) is 4.41. The number of aromatic nitrogens is 5. The molecule has 2 heterocycles. The molecule has 0 fully saturated rings. The van der Waals surface area contributed by atoms with Gasteiger partial charge in [0.15, 0.2) is 10.3 Å². The number of nitrogens with zero attached hydrogens (tertiary/aromatic N) is 5. The van der Waals surface area contributed by atoms with Crippen molar-refractivity contribution in [1.82, 2.24) is 24.7 Å². The molecule has 2 aromatic heterocycles. The van der Waals surface area contributed by atoms with Gasteiger partial charge in [0.05, 0.1) is 23.7 Å². The molecule has 9 nitrogen and oxygen atoms in total. The van der Waals surface area contributed by atoms with Crippen LogP contribution in [0.1, 0.15) is 41.4 Å². The number of benzene rings is 1. The quantitative estimate of drug-likeness (QED) is 0.259. The Bertz CT molecular complexity index is 1100. The summed E-state index contributed by atoms with van der Waals surface area (Å²) in [6, 6.07) is 8.53. The maximum Gasteiger partial charge on any atom is 0.338 e. The van der Waals surface area contributed by atoms with Gasteiger partial charge >= 0.3 is 5.97 Å². The summed E-state index contributed by atoms with van der Waals surface area (Å²) in [5, 5.41) is 12.8. The summed E-state index contributed by atoms with van der Waals surface area (Å²) in [4.78, 5) is 33.0. The second-order valence-corrected chi connectivity index (χ2v) is 8.88. The second-order valence-electron chi connectivity index (χ2n) is 7.00. The van der Waals surface area contributed by atoms with Crippen LogP contribution in [0.2, 0.25) is 0 Å². The fourth-order valence-corrected chi connectivity index (χ4v) is 4.68. The average molecular weight is 487 g/mol. The molecule has 0 aliphatic carbocycles. The molecule has 0 spiro atoms. The highest BCUT2D eigenvalue weighted by Gasteiger charge is 2.15. The summed E-state index contributed by atoms with van der Waals surface area (Å²) in [7, 11) is 0. The minimum absolute atomic E-state index is 0.172. The van der Waals surface area contributed by atoms with Crippen LogP contribution in [0.4, 0.5) is 5.69 Å². The zero-order valence-corrected chi connectivity index (χ0v) is 20.6. The first-order valence-electron chi connectivity index (χ1n) is 10.5. The Morgan fingerprint density at radius 1 is 1.03 bits per heavy atom. The molecule has 1 N–H and O–H groups in total. The third-order valence-corrected chi connectivity index (χ3v) is 6.22. The molecule has 0 radical (unpaired) electrons. The van der Waals surface area contributed by atoms with Crippen molar-refractivity contribution in [2.45, 2.75) is 50.3 Å². The van der Waals surface area contributed by atoms with E-state index in [0.717, 1.165) is 17.2 Å². The predicted octanol–water partition coefficient (Wildman–Crippen LogP) is 3.90. The van der Waals surface area contributed by atoms with Gasteiger partial charge in [-0.25, -0.2) is 14.8 Å². The van der Waals surface area contributed by atoms with Gasteiger partial charge < -0.3 is 14.6 Å². The number of hydrogen-bond acceptors (Lipinski definition) is 9. The normalized spacial score (nSPS) is 10.8. The minimum atomic E-state index is -0.386. The van der Waals surface area contributed by atoms with Gasteiger partial charge in [0.1, 0.15) is 5.82 Å². The molecule has 0 bridgehead atoms. The van der Waals surface area contributed by atoms with Gasteiger partial charge in [-0.3, -0.25) is 4.79 Å². The van der Waals surface area contributed by atoms with Crippen LogP contribution < -0.4 is 5.32 Å².